The van der Waals surface area contributed by atoms with Gasteiger partial charge in [0.2, 0.25) is 0 Å². The van der Waals surface area contributed by atoms with Crippen LogP contribution in [-0.2, 0) is 0 Å². The molecule has 3 rings (SSSR count). The summed E-state index contributed by atoms with van der Waals surface area (Å²) in [6, 6.07) is 9.81. The van der Waals surface area contributed by atoms with Gasteiger partial charge in [-0.05, 0) is 52.0 Å². The molecule has 1 aliphatic heterocycles. The Hall–Kier alpha value is -0.670. The molecule has 116 valence electrons. The maximum atomic E-state index is 2.74. The summed E-state index contributed by atoms with van der Waals surface area (Å²) in [6.07, 6.45) is 8.29. The van der Waals surface area contributed by atoms with Crippen molar-refractivity contribution in [2.24, 2.45) is 0 Å². The zero-order valence-electron chi connectivity index (χ0n) is 13.4. The lowest BCUT2D eigenvalue weighted by atomic mass is 10.0. The lowest BCUT2D eigenvalue weighted by molar-refractivity contribution is 0.393. The molecular weight excluding hydrogens is 276 g/mol. The third kappa shape index (κ3) is 3.57. The van der Waals surface area contributed by atoms with Gasteiger partial charge in [0.25, 0.3) is 0 Å². The lowest BCUT2D eigenvalue weighted by Gasteiger charge is -2.43. The first-order valence-electron chi connectivity index (χ1n) is 8.43. The number of anilines is 1. The molecular formula is C18H28N2S. The monoisotopic (exact) mass is 304 g/mol. The topological polar surface area (TPSA) is 6.48 Å². The highest BCUT2D eigenvalue weighted by molar-refractivity contribution is 8.00. The first-order valence-corrected chi connectivity index (χ1v) is 9.31. The predicted octanol–water partition coefficient (Wildman–Crippen LogP) is 4.25. The summed E-state index contributed by atoms with van der Waals surface area (Å²) in [7, 11) is 4.35. The van der Waals surface area contributed by atoms with Gasteiger partial charge in [0, 0.05) is 22.7 Å². The van der Waals surface area contributed by atoms with Gasteiger partial charge in [-0.2, -0.15) is 0 Å². The van der Waals surface area contributed by atoms with E-state index in [4.69, 9.17) is 0 Å². The number of nitrogens with zero attached hydrogens (tertiary/aromatic N) is 2. The van der Waals surface area contributed by atoms with Crippen molar-refractivity contribution >= 4 is 17.4 Å². The first-order chi connectivity index (χ1) is 10.3. The largest absolute Gasteiger partial charge is 0.366 e. The highest BCUT2D eigenvalue weighted by Gasteiger charge is 2.34. The van der Waals surface area contributed by atoms with Crippen LogP contribution in [0.3, 0.4) is 0 Å². The summed E-state index contributed by atoms with van der Waals surface area (Å²) >= 11 is 2.15. The molecule has 2 unspecified atom stereocenters. The maximum absolute atomic E-state index is 2.74. The Morgan fingerprint density at radius 3 is 2.81 bits per heavy atom. The van der Waals surface area contributed by atoms with E-state index < -0.39 is 0 Å². The average molecular weight is 305 g/mol. The number of fused-ring (bicyclic) bond motifs is 2. The lowest BCUT2D eigenvalue weighted by Crippen LogP contribution is -2.45. The maximum Gasteiger partial charge on any atom is 0.0507 e. The summed E-state index contributed by atoms with van der Waals surface area (Å²) in [4.78, 5) is 6.55. The summed E-state index contributed by atoms with van der Waals surface area (Å²) in [5.41, 5.74) is 1.49. The normalized spacial score (nSPS) is 25.4. The van der Waals surface area contributed by atoms with E-state index in [0.717, 1.165) is 11.3 Å². The number of para-hydroxylation sites is 1. The van der Waals surface area contributed by atoms with E-state index in [0.29, 0.717) is 0 Å². The molecule has 2 atom stereocenters. The molecule has 1 aliphatic carbocycles. The molecule has 0 aromatic heterocycles. The molecule has 1 fully saturated rings. The zero-order chi connectivity index (χ0) is 14.7. The van der Waals surface area contributed by atoms with Crippen molar-refractivity contribution in [3.05, 3.63) is 24.3 Å². The Balaban J connectivity index is 1.81. The van der Waals surface area contributed by atoms with Crippen LogP contribution in [0, 0.1) is 0 Å². The van der Waals surface area contributed by atoms with Crippen LogP contribution >= 0.6 is 11.8 Å². The van der Waals surface area contributed by atoms with Crippen molar-refractivity contribution in [2.75, 3.05) is 32.1 Å². The molecule has 0 spiro atoms. The minimum atomic E-state index is 0.759. The first kappa shape index (κ1) is 15.2. The molecule has 0 amide bonds. The Morgan fingerprint density at radius 2 is 1.95 bits per heavy atom. The molecule has 0 radical (unpaired) electrons. The molecule has 1 heterocycles. The van der Waals surface area contributed by atoms with Crippen molar-refractivity contribution in [1.82, 2.24) is 4.90 Å². The third-order valence-electron chi connectivity index (χ3n) is 4.78. The average Bonchev–Trinajstić information content (AvgIpc) is 2.71. The van der Waals surface area contributed by atoms with Crippen LogP contribution < -0.4 is 4.90 Å². The molecule has 1 aromatic carbocycles. The smallest absolute Gasteiger partial charge is 0.0507 e. The minimum absolute atomic E-state index is 0.759. The Labute approximate surface area is 133 Å². The van der Waals surface area contributed by atoms with Gasteiger partial charge in [0.15, 0.2) is 0 Å². The molecule has 0 saturated heterocycles. The molecule has 2 nitrogen and oxygen atoms in total. The number of rotatable bonds is 4. The Morgan fingerprint density at radius 1 is 1.14 bits per heavy atom. The second kappa shape index (κ2) is 7.06. The number of hydrogen-bond donors (Lipinski definition) is 0. The van der Waals surface area contributed by atoms with Crippen molar-refractivity contribution in [3.8, 4) is 0 Å². The van der Waals surface area contributed by atoms with Gasteiger partial charge >= 0.3 is 0 Å². The van der Waals surface area contributed by atoms with E-state index in [1.807, 2.05) is 0 Å². The van der Waals surface area contributed by atoms with Crippen LogP contribution in [0.2, 0.25) is 0 Å². The zero-order valence-corrected chi connectivity index (χ0v) is 14.2. The summed E-state index contributed by atoms with van der Waals surface area (Å²) in [6.45, 7) is 2.39. The van der Waals surface area contributed by atoms with Crippen LogP contribution in [0.5, 0.6) is 0 Å². The Bertz CT molecular complexity index is 460. The van der Waals surface area contributed by atoms with Crippen LogP contribution in [0.25, 0.3) is 0 Å². The predicted molar refractivity (Wildman–Crippen MR) is 93.5 cm³/mol. The standard InChI is InChI=1S/C18H28N2S/c1-19(2)13-8-14-20-15-9-4-3-5-11-17(15)21-18-12-7-6-10-16(18)20/h6-7,10,12,15,17H,3-5,8-9,11,13-14H2,1-2H3. The molecule has 3 heteroatoms. The fourth-order valence-corrected chi connectivity index (χ4v) is 5.24. The second-order valence-corrected chi connectivity index (χ2v) is 7.96. The molecule has 1 saturated carbocycles. The van der Waals surface area contributed by atoms with E-state index >= 15 is 0 Å². The summed E-state index contributed by atoms with van der Waals surface area (Å²) in [5.74, 6) is 0. The molecule has 2 aliphatic rings. The van der Waals surface area contributed by atoms with Gasteiger partial charge in [-0.25, -0.2) is 0 Å². The molecule has 0 N–H and O–H groups in total. The highest BCUT2D eigenvalue weighted by atomic mass is 32.2. The quantitative estimate of drug-likeness (QED) is 0.821. The van der Waals surface area contributed by atoms with Gasteiger partial charge in [-0.1, -0.05) is 31.4 Å². The van der Waals surface area contributed by atoms with Crippen molar-refractivity contribution in [3.63, 3.8) is 0 Å². The SMILES string of the molecule is CN(C)CCCN1c2ccccc2SC2CCCCCC21. The number of benzene rings is 1. The van der Waals surface area contributed by atoms with E-state index in [1.54, 1.807) is 0 Å². The van der Waals surface area contributed by atoms with Gasteiger partial charge in [0.05, 0.1) is 5.69 Å². The van der Waals surface area contributed by atoms with Gasteiger partial charge < -0.3 is 9.80 Å². The molecule has 1 aromatic rings. The van der Waals surface area contributed by atoms with Gasteiger partial charge in [-0.15, -0.1) is 11.8 Å². The summed E-state index contributed by atoms with van der Waals surface area (Å²) < 4.78 is 0. The fourth-order valence-electron chi connectivity index (χ4n) is 3.73. The van der Waals surface area contributed by atoms with E-state index in [9.17, 15) is 0 Å². The number of hydrogen-bond acceptors (Lipinski definition) is 3. The van der Waals surface area contributed by atoms with Gasteiger partial charge in [0.1, 0.15) is 0 Å². The van der Waals surface area contributed by atoms with Crippen LogP contribution in [0.4, 0.5) is 5.69 Å². The summed E-state index contributed by atoms with van der Waals surface area (Å²) in [5, 5.41) is 0.807. The van der Waals surface area contributed by atoms with Crippen molar-refractivity contribution in [1.29, 1.82) is 0 Å². The van der Waals surface area contributed by atoms with Crippen LogP contribution in [0.15, 0.2) is 29.2 Å². The van der Waals surface area contributed by atoms with E-state index in [1.165, 1.54) is 62.2 Å². The van der Waals surface area contributed by atoms with E-state index in [-0.39, 0.29) is 0 Å². The third-order valence-corrected chi connectivity index (χ3v) is 6.23. The van der Waals surface area contributed by atoms with Crippen molar-refractivity contribution < 1.29 is 0 Å². The highest BCUT2D eigenvalue weighted by Crippen LogP contribution is 2.45. The fraction of sp³-hybridized carbons (Fsp3) is 0.667. The minimum Gasteiger partial charge on any atom is -0.366 e. The van der Waals surface area contributed by atoms with Crippen LogP contribution in [0.1, 0.15) is 38.5 Å². The molecule has 0 bridgehead atoms. The van der Waals surface area contributed by atoms with Gasteiger partial charge in [-0.3, -0.25) is 0 Å². The molecule has 21 heavy (non-hydrogen) atoms. The second-order valence-electron chi connectivity index (χ2n) is 6.68. The van der Waals surface area contributed by atoms with Crippen molar-refractivity contribution in [2.45, 2.75) is 54.7 Å². The Kier molecular flexibility index (Phi) is 5.12. The van der Waals surface area contributed by atoms with Crippen LogP contribution in [-0.4, -0.2) is 43.4 Å². The number of thioether (sulfide) groups is 1. The van der Waals surface area contributed by atoms with E-state index in [2.05, 4.69) is 59.9 Å².